The summed E-state index contributed by atoms with van der Waals surface area (Å²) >= 11 is 1.31. The summed E-state index contributed by atoms with van der Waals surface area (Å²) in [6, 6.07) is 9.99. The van der Waals surface area contributed by atoms with Crippen molar-refractivity contribution in [2.75, 3.05) is 24.3 Å². The molecule has 0 saturated carbocycles. The number of nitrogens with one attached hydrogen (secondary N) is 3. The molecule has 2 heterocycles. The van der Waals surface area contributed by atoms with E-state index >= 15 is 0 Å². The standard InChI is InChI=1S/C20H20N4O5S2/c1-29-13-3-5-16-17(11-13)30-20(23-16)24-19(26)8-9-21-31(27,28)14-4-6-15-12(10-14)2-7-18(25)22-15/h3-6,10-11,21H,2,7-9H2,1H3,(H,22,25)(H,23,24,26). The minimum atomic E-state index is -3.77. The molecule has 0 unspecified atom stereocenters. The number of carbonyl (C=O) groups is 2. The summed E-state index contributed by atoms with van der Waals surface area (Å²) in [7, 11) is -2.20. The topological polar surface area (TPSA) is 126 Å². The highest BCUT2D eigenvalue weighted by atomic mass is 32.2. The third-order valence-corrected chi connectivity index (χ3v) is 7.16. The molecular formula is C20H20N4O5S2. The summed E-state index contributed by atoms with van der Waals surface area (Å²) in [5.41, 5.74) is 2.14. The summed E-state index contributed by atoms with van der Waals surface area (Å²) < 4.78 is 33.6. The van der Waals surface area contributed by atoms with E-state index in [2.05, 4.69) is 20.3 Å². The van der Waals surface area contributed by atoms with Crippen molar-refractivity contribution in [1.82, 2.24) is 9.71 Å². The molecular weight excluding hydrogens is 440 g/mol. The number of carbonyl (C=O) groups excluding carboxylic acids is 2. The van der Waals surface area contributed by atoms with Crippen LogP contribution in [0.15, 0.2) is 41.3 Å². The zero-order valence-corrected chi connectivity index (χ0v) is 18.2. The lowest BCUT2D eigenvalue weighted by Crippen LogP contribution is -2.28. The van der Waals surface area contributed by atoms with Gasteiger partial charge in [0.05, 0.1) is 22.2 Å². The fourth-order valence-corrected chi connectivity index (χ4v) is 5.17. The lowest BCUT2D eigenvalue weighted by Gasteiger charge is -2.17. The molecule has 0 bridgehead atoms. The van der Waals surface area contributed by atoms with Gasteiger partial charge < -0.3 is 15.4 Å². The van der Waals surface area contributed by atoms with Crippen LogP contribution in [0.5, 0.6) is 5.75 Å². The van der Waals surface area contributed by atoms with Gasteiger partial charge in [0.25, 0.3) is 0 Å². The van der Waals surface area contributed by atoms with E-state index in [1.54, 1.807) is 31.4 Å². The van der Waals surface area contributed by atoms with Gasteiger partial charge in [0.15, 0.2) is 5.13 Å². The first kappa shape index (κ1) is 21.2. The van der Waals surface area contributed by atoms with Gasteiger partial charge in [-0.25, -0.2) is 18.1 Å². The molecule has 0 saturated heterocycles. The molecule has 11 heteroatoms. The highest BCUT2D eigenvalue weighted by Crippen LogP contribution is 2.29. The van der Waals surface area contributed by atoms with Crippen molar-refractivity contribution in [3.8, 4) is 5.75 Å². The summed E-state index contributed by atoms with van der Waals surface area (Å²) in [4.78, 5) is 28.1. The van der Waals surface area contributed by atoms with E-state index in [-0.39, 0.29) is 29.7 Å². The average Bonchev–Trinajstić information content (AvgIpc) is 3.14. The van der Waals surface area contributed by atoms with Crippen molar-refractivity contribution in [2.45, 2.75) is 24.2 Å². The first-order valence-electron chi connectivity index (χ1n) is 9.51. The Balaban J connectivity index is 1.34. The second-order valence-corrected chi connectivity index (χ2v) is 9.71. The van der Waals surface area contributed by atoms with Crippen molar-refractivity contribution < 1.29 is 22.7 Å². The third kappa shape index (κ3) is 4.84. The normalized spacial score (nSPS) is 13.5. The van der Waals surface area contributed by atoms with Crippen LogP contribution in [0.25, 0.3) is 10.2 Å². The van der Waals surface area contributed by atoms with Gasteiger partial charge in [0.2, 0.25) is 21.8 Å². The van der Waals surface area contributed by atoms with Crippen LogP contribution in [-0.2, 0) is 26.0 Å². The van der Waals surface area contributed by atoms with Gasteiger partial charge in [-0.2, -0.15) is 0 Å². The Morgan fingerprint density at radius 2 is 2.06 bits per heavy atom. The molecule has 2 amide bonds. The second-order valence-electron chi connectivity index (χ2n) is 6.92. The Bertz CT molecular complexity index is 1270. The van der Waals surface area contributed by atoms with Crippen molar-refractivity contribution in [2.24, 2.45) is 0 Å². The van der Waals surface area contributed by atoms with E-state index in [9.17, 15) is 18.0 Å². The molecule has 3 aromatic rings. The predicted molar refractivity (Wildman–Crippen MR) is 118 cm³/mol. The Kier molecular flexibility index (Phi) is 5.90. The van der Waals surface area contributed by atoms with Crippen LogP contribution in [-0.4, -0.2) is 38.9 Å². The van der Waals surface area contributed by atoms with Gasteiger partial charge in [-0.1, -0.05) is 11.3 Å². The quantitative estimate of drug-likeness (QED) is 0.497. The molecule has 162 valence electrons. The highest BCUT2D eigenvalue weighted by Gasteiger charge is 2.20. The predicted octanol–water partition coefficient (Wildman–Crippen LogP) is 2.50. The SMILES string of the molecule is COc1ccc2nc(NC(=O)CCNS(=O)(=O)c3ccc4c(c3)CCC(=O)N4)sc2c1. The molecule has 0 fully saturated rings. The number of hydrogen-bond acceptors (Lipinski definition) is 7. The smallest absolute Gasteiger partial charge is 0.240 e. The number of nitrogens with zero attached hydrogens (tertiary/aromatic N) is 1. The van der Waals surface area contributed by atoms with Crippen LogP contribution in [0, 0.1) is 0 Å². The summed E-state index contributed by atoms with van der Waals surface area (Å²) in [5, 5.41) is 5.85. The molecule has 2 aromatic carbocycles. The summed E-state index contributed by atoms with van der Waals surface area (Å²) in [5.74, 6) is 0.273. The fraction of sp³-hybridized carbons (Fsp3) is 0.250. The van der Waals surface area contributed by atoms with Gasteiger partial charge in [-0.05, 0) is 48.4 Å². The number of fused-ring (bicyclic) bond motifs is 2. The highest BCUT2D eigenvalue weighted by molar-refractivity contribution is 7.89. The molecule has 31 heavy (non-hydrogen) atoms. The maximum absolute atomic E-state index is 12.5. The Morgan fingerprint density at radius 3 is 2.87 bits per heavy atom. The fourth-order valence-electron chi connectivity index (χ4n) is 3.18. The monoisotopic (exact) mass is 460 g/mol. The Morgan fingerprint density at radius 1 is 1.23 bits per heavy atom. The lowest BCUT2D eigenvalue weighted by molar-refractivity contribution is -0.117. The molecule has 4 rings (SSSR count). The molecule has 1 aromatic heterocycles. The van der Waals surface area contributed by atoms with Gasteiger partial charge in [-0.15, -0.1) is 0 Å². The zero-order valence-electron chi connectivity index (χ0n) is 16.6. The number of hydrogen-bond donors (Lipinski definition) is 3. The average molecular weight is 461 g/mol. The maximum atomic E-state index is 12.5. The first-order valence-corrected chi connectivity index (χ1v) is 11.8. The van der Waals surface area contributed by atoms with Crippen LogP contribution >= 0.6 is 11.3 Å². The Hall–Kier alpha value is -3.02. The molecule has 0 aliphatic carbocycles. The molecule has 0 spiro atoms. The van der Waals surface area contributed by atoms with Crippen LogP contribution < -0.4 is 20.1 Å². The van der Waals surface area contributed by atoms with Crippen LogP contribution in [0.4, 0.5) is 10.8 Å². The van der Waals surface area contributed by atoms with Crippen LogP contribution in [0.1, 0.15) is 18.4 Å². The van der Waals surface area contributed by atoms with E-state index in [1.165, 1.54) is 17.4 Å². The lowest BCUT2D eigenvalue weighted by atomic mass is 10.0. The Labute approximate surface area is 182 Å². The molecule has 0 atom stereocenters. The zero-order chi connectivity index (χ0) is 22.0. The van der Waals surface area contributed by atoms with Crippen molar-refractivity contribution in [3.05, 3.63) is 42.0 Å². The van der Waals surface area contributed by atoms with E-state index in [1.807, 2.05) is 6.07 Å². The van der Waals surface area contributed by atoms with Gasteiger partial charge in [0.1, 0.15) is 5.75 Å². The summed E-state index contributed by atoms with van der Waals surface area (Å²) in [6.45, 7) is -0.0549. The number of methoxy groups -OCH3 is 1. The molecule has 0 radical (unpaired) electrons. The number of rotatable bonds is 7. The summed E-state index contributed by atoms with van der Waals surface area (Å²) in [6.07, 6.45) is 0.767. The van der Waals surface area contributed by atoms with Gasteiger partial charge >= 0.3 is 0 Å². The first-order chi connectivity index (χ1) is 14.8. The van der Waals surface area contributed by atoms with Gasteiger partial charge in [0, 0.05) is 25.1 Å². The number of ether oxygens (including phenoxy) is 1. The number of aromatic nitrogens is 1. The van der Waals surface area contributed by atoms with E-state index in [4.69, 9.17) is 4.74 Å². The minimum absolute atomic E-state index is 0.0422. The molecule has 1 aliphatic heterocycles. The van der Waals surface area contributed by atoms with Crippen molar-refractivity contribution >= 4 is 54.2 Å². The van der Waals surface area contributed by atoms with E-state index in [0.29, 0.717) is 29.4 Å². The van der Waals surface area contributed by atoms with E-state index < -0.39 is 10.0 Å². The van der Waals surface area contributed by atoms with Crippen LogP contribution in [0.2, 0.25) is 0 Å². The molecule has 1 aliphatic rings. The largest absolute Gasteiger partial charge is 0.497 e. The molecule has 9 nitrogen and oxygen atoms in total. The van der Waals surface area contributed by atoms with Gasteiger partial charge in [-0.3, -0.25) is 9.59 Å². The number of thiazole rings is 1. The number of anilines is 2. The third-order valence-electron chi connectivity index (χ3n) is 4.77. The minimum Gasteiger partial charge on any atom is -0.497 e. The number of sulfonamides is 1. The van der Waals surface area contributed by atoms with E-state index in [0.717, 1.165) is 15.8 Å². The van der Waals surface area contributed by atoms with Crippen molar-refractivity contribution in [1.29, 1.82) is 0 Å². The molecule has 3 N–H and O–H groups in total. The second kappa shape index (κ2) is 8.61. The van der Waals surface area contributed by atoms with Crippen LogP contribution in [0.3, 0.4) is 0 Å². The maximum Gasteiger partial charge on any atom is 0.240 e. The number of benzene rings is 2. The number of amides is 2. The van der Waals surface area contributed by atoms with Crippen molar-refractivity contribution in [3.63, 3.8) is 0 Å². The number of aryl methyl sites for hydroxylation is 1.